The lowest BCUT2D eigenvalue weighted by Crippen LogP contribution is -2.42. The summed E-state index contributed by atoms with van der Waals surface area (Å²) in [6.07, 6.45) is 0. The molecule has 0 saturated heterocycles. The Bertz CT molecular complexity index is 1200. The van der Waals surface area contributed by atoms with Gasteiger partial charge in [0.1, 0.15) is 5.60 Å². The second-order valence-electron chi connectivity index (χ2n) is 9.49. The number of ether oxygens (including phenoxy) is 2. The fourth-order valence-electron chi connectivity index (χ4n) is 3.56. The fraction of sp³-hybridized carbons (Fsp3) is 0.286. The molecule has 160 valence electrons. The predicted molar refractivity (Wildman–Crippen MR) is 129 cm³/mol. The van der Waals surface area contributed by atoms with Gasteiger partial charge in [0.2, 0.25) is 0 Å². The van der Waals surface area contributed by atoms with Gasteiger partial charge >= 0.3 is 0 Å². The zero-order valence-corrected chi connectivity index (χ0v) is 19.3. The molecule has 3 nitrogen and oxygen atoms in total. The molecule has 0 radical (unpaired) electrons. The third-order valence-corrected chi connectivity index (χ3v) is 6.36. The average Bonchev–Trinajstić information content (AvgIpc) is 3.13. The standard InChI is InChI=1S/C28H31NO2/c1-27(2,3)28(4,5)31-25-17-16-21(19-26(25)30-6)24-18-20-12-10-11-15-23(20)29(24)22-13-8-7-9-14-22/h7-19H,1-6H3. The van der Waals surface area contributed by atoms with Crippen LogP contribution >= 0.6 is 0 Å². The maximum absolute atomic E-state index is 6.42. The van der Waals surface area contributed by atoms with E-state index < -0.39 is 0 Å². The van der Waals surface area contributed by atoms with Crippen LogP contribution in [0.15, 0.2) is 78.9 Å². The van der Waals surface area contributed by atoms with Crippen LogP contribution in [-0.2, 0) is 0 Å². The lowest BCUT2D eigenvalue weighted by Gasteiger charge is -2.39. The van der Waals surface area contributed by atoms with Crippen molar-refractivity contribution in [2.45, 2.75) is 40.2 Å². The zero-order chi connectivity index (χ0) is 22.2. The Morgan fingerprint density at radius 1 is 0.710 bits per heavy atom. The molecule has 0 saturated carbocycles. The quantitative estimate of drug-likeness (QED) is 0.338. The van der Waals surface area contributed by atoms with Crippen molar-refractivity contribution in [3.63, 3.8) is 0 Å². The van der Waals surface area contributed by atoms with Crippen molar-refractivity contribution in [2.24, 2.45) is 5.41 Å². The smallest absolute Gasteiger partial charge is 0.162 e. The van der Waals surface area contributed by atoms with E-state index >= 15 is 0 Å². The predicted octanol–water partition coefficient (Wildman–Crippen LogP) is 7.51. The summed E-state index contributed by atoms with van der Waals surface area (Å²) in [4.78, 5) is 0. The van der Waals surface area contributed by atoms with Gasteiger partial charge in [-0.25, -0.2) is 0 Å². The molecule has 31 heavy (non-hydrogen) atoms. The van der Waals surface area contributed by atoms with Crippen LogP contribution in [0.3, 0.4) is 0 Å². The minimum atomic E-state index is -0.346. The van der Waals surface area contributed by atoms with Gasteiger partial charge in [-0.3, -0.25) is 0 Å². The fourth-order valence-corrected chi connectivity index (χ4v) is 3.56. The Kier molecular flexibility index (Phi) is 5.30. The largest absolute Gasteiger partial charge is 0.493 e. The van der Waals surface area contributed by atoms with Gasteiger partial charge in [0, 0.05) is 22.1 Å². The summed E-state index contributed by atoms with van der Waals surface area (Å²) >= 11 is 0. The van der Waals surface area contributed by atoms with Crippen molar-refractivity contribution >= 4 is 10.9 Å². The molecule has 3 heteroatoms. The van der Waals surface area contributed by atoms with Gasteiger partial charge in [-0.05, 0) is 56.3 Å². The van der Waals surface area contributed by atoms with Crippen molar-refractivity contribution in [1.29, 1.82) is 0 Å². The molecule has 0 N–H and O–H groups in total. The Hall–Kier alpha value is -3.20. The first kappa shape index (κ1) is 21.0. The second-order valence-corrected chi connectivity index (χ2v) is 9.49. The summed E-state index contributed by atoms with van der Waals surface area (Å²) in [5, 5.41) is 1.20. The molecular formula is C28H31NO2. The molecular weight excluding hydrogens is 382 g/mol. The molecule has 0 fully saturated rings. The van der Waals surface area contributed by atoms with Crippen LogP contribution in [0.2, 0.25) is 0 Å². The van der Waals surface area contributed by atoms with E-state index in [1.165, 1.54) is 10.9 Å². The summed E-state index contributed by atoms with van der Waals surface area (Å²) in [5.41, 5.74) is 4.14. The molecule has 4 aromatic rings. The van der Waals surface area contributed by atoms with Gasteiger partial charge in [-0.2, -0.15) is 0 Å². The summed E-state index contributed by atoms with van der Waals surface area (Å²) in [5.74, 6) is 1.49. The molecule has 1 heterocycles. The number of nitrogens with zero attached hydrogens (tertiary/aromatic N) is 1. The van der Waals surface area contributed by atoms with Crippen LogP contribution in [0.1, 0.15) is 34.6 Å². The number of methoxy groups -OCH3 is 1. The third kappa shape index (κ3) is 3.93. The number of fused-ring (bicyclic) bond motifs is 1. The Morgan fingerprint density at radius 3 is 2.06 bits per heavy atom. The first-order valence-corrected chi connectivity index (χ1v) is 10.7. The summed E-state index contributed by atoms with van der Waals surface area (Å²) in [6, 6.07) is 27.4. The molecule has 3 aromatic carbocycles. The monoisotopic (exact) mass is 413 g/mol. The van der Waals surface area contributed by atoms with Crippen LogP contribution in [-0.4, -0.2) is 17.3 Å². The number of aromatic nitrogens is 1. The van der Waals surface area contributed by atoms with Crippen molar-refractivity contribution in [1.82, 2.24) is 4.57 Å². The Labute approximate surface area is 185 Å². The molecule has 0 atom stereocenters. The first-order chi connectivity index (χ1) is 14.7. The van der Waals surface area contributed by atoms with Crippen LogP contribution in [0, 0.1) is 5.41 Å². The normalized spacial score (nSPS) is 12.2. The Morgan fingerprint density at radius 2 is 1.39 bits per heavy atom. The van der Waals surface area contributed by atoms with Gasteiger partial charge in [0.05, 0.1) is 18.3 Å². The second kappa shape index (κ2) is 7.81. The third-order valence-electron chi connectivity index (χ3n) is 6.36. The molecule has 0 spiro atoms. The van der Waals surface area contributed by atoms with Crippen LogP contribution in [0.5, 0.6) is 11.5 Å². The van der Waals surface area contributed by atoms with Crippen LogP contribution in [0.25, 0.3) is 27.8 Å². The molecule has 0 amide bonds. The van der Waals surface area contributed by atoms with Crippen molar-refractivity contribution < 1.29 is 9.47 Å². The van der Waals surface area contributed by atoms with Crippen LogP contribution < -0.4 is 9.47 Å². The highest BCUT2D eigenvalue weighted by molar-refractivity contribution is 5.89. The maximum atomic E-state index is 6.42. The topological polar surface area (TPSA) is 23.4 Å². The van der Waals surface area contributed by atoms with Gasteiger partial charge in [0.25, 0.3) is 0 Å². The SMILES string of the molecule is COc1cc(-c2cc3ccccc3n2-c2ccccc2)ccc1OC(C)(C)C(C)(C)C. The number of para-hydroxylation sites is 2. The highest BCUT2D eigenvalue weighted by Gasteiger charge is 2.35. The lowest BCUT2D eigenvalue weighted by atomic mass is 9.79. The molecule has 1 aromatic heterocycles. The maximum Gasteiger partial charge on any atom is 0.162 e. The molecule has 0 bridgehead atoms. The Balaban J connectivity index is 1.84. The minimum Gasteiger partial charge on any atom is -0.493 e. The molecule has 0 aliphatic rings. The molecule has 4 rings (SSSR count). The van der Waals surface area contributed by atoms with Crippen molar-refractivity contribution in [3.05, 3.63) is 78.9 Å². The zero-order valence-electron chi connectivity index (χ0n) is 19.3. The van der Waals surface area contributed by atoms with Crippen molar-refractivity contribution in [2.75, 3.05) is 7.11 Å². The number of benzene rings is 3. The number of hydrogen-bond acceptors (Lipinski definition) is 2. The first-order valence-electron chi connectivity index (χ1n) is 10.7. The number of rotatable bonds is 5. The summed E-state index contributed by atoms with van der Waals surface area (Å²) in [6.45, 7) is 10.8. The van der Waals surface area contributed by atoms with Gasteiger partial charge < -0.3 is 14.0 Å². The van der Waals surface area contributed by atoms with E-state index in [4.69, 9.17) is 9.47 Å². The van der Waals surface area contributed by atoms with E-state index in [0.717, 1.165) is 28.4 Å². The highest BCUT2D eigenvalue weighted by Crippen LogP contribution is 2.41. The molecule has 0 aliphatic carbocycles. The van der Waals surface area contributed by atoms with Gasteiger partial charge in [-0.1, -0.05) is 57.2 Å². The van der Waals surface area contributed by atoms with Gasteiger partial charge in [0.15, 0.2) is 11.5 Å². The van der Waals surface area contributed by atoms with Crippen molar-refractivity contribution in [3.8, 4) is 28.4 Å². The summed E-state index contributed by atoms with van der Waals surface area (Å²) < 4.78 is 14.5. The van der Waals surface area contributed by atoms with E-state index in [1.807, 2.05) is 12.1 Å². The summed E-state index contributed by atoms with van der Waals surface area (Å²) in [7, 11) is 1.70. The minimum absolute atomic E-state index is 0.0174. The van der Waals surface area contributed by atoms with Crippen LogP contribution in [0.4, 0.5) is 0 Å². The molecule has 0 aliphatic heterocycles. The van der Waals surface area contributed by atoms with E-state index in [0.29, 0.717) is 0 Å². The lowest BCUT2D eigenvalue weighted by molar-refractivity contribution is -0.00108. The van der Waals surface area contributed by atoms with E-state index in [-0.39, 0.29) is 11.0 Å². The average molecular weight is 414 g/mol. The van der Waals surface area contributed by atoms with Gasteiger partial charge in [-0.15, -0.1) is 0 Å². The number of hydrogen-bond donors (Lipinski definition) is 0. The van der Waals surface area contributed by atoms with E-state index in [1.54, 1.807) is 7.11 Å². The molecule has 0 unspecified atom stereocenters. The van der Waals surface area contributed by atoms with E-state index in [2.05, 4.69) is 106 Å². The highest BCUT2D eigenvalue weighted by atomic mass is 16.5. The van der Waals surface area contributed by atoms with E-state index in [9.17, 15) is 0 Å².